The Morgan fingerprint density at radius 3 is 2.57 bits per heavy atom. The first-order chi connectivity index (χ1) is 12.6. The standard InChI is InChI=1S/C19H27N3O3S.2ClH/c1-4-5-6-14(11-20)21-18(23)10-15-12-26-19(22-15)13-7-8-16(24-2)17(9-13)25-3;;/h7-9,12,14H,4-6,10-11,20H2,1-3H3,(H,21,23);2*1H. The first-order valence-corrected chi connectivity index (χ1v) is 9.65. The van der Waals surface area contributed by atoms with Crippen LogP contribution in [-0.2, 0) is 11.2 Å². The second-order valence-electron chi connectivity index (χ2n) is 6.03. The van der Waals surface area contributed by atoms with Crippen molar-refractivity contribution in [2.24, 2.45) is 5.73 Å². The van der Waals surface area contributed by atoms with Crippen LogP contribution in [0, 0.1) is 0 Å². The van der Waals surface area contributed by atoms with E-state index >= 15 is 0 Å². The highest BCUT2D eigenvalue weighted by atomic mass is 35.5. The molecule has 0 radical (unpaired) electrons. The molecule has 6 nitrogen and oxygen atoms in total. The molecule has 3 N–H and O–H groups in total. The van der Waals surface area contributed by atoms with Gasteiger partial charge in [-0.3, -0.25) is 4.79 Å². The second kappa shape index (κ2) is 13.6. The maximum atomic E-state index is 12.2. The number of amides is 1. The van der Waals surface area contributed by atoms with Crippen molar-refractivity contribution < 1.29 is 14.3 Å². The van der Waals surface area contributed by atoms with Crippen molar-refractivity contribution in [2.45, 2.75) is 38.6 Å². The highest BCUT2D eigenvalue weighted by molar-refractivity contribution is 7.13. The van der Waals surface area contributed by atoms with Gasteiger partial charge >= 0.3 is 0 Å². The van der Waals surface area contributed by atoms with E-state index in [1.54, 1.807) is 14.2 Å². The highest BCUT2D eigenvalue weighted by Crippen LogP contribution is 2.33. The first kappa shape index (κ1) is 26.5. The Balaban J connectivity index is 0.00000364. The van der Waals surface area contributed by atoms with Crippen LogP contribution in [0.1, 0.15) is 31.9 Å². The molecule has 1 aromatic heterocycles. The summed E-state index contributed by atoms with van der Waals surface area (Å²) in [6, 6.07) is 5.70. The number of nitrogens with two attached hydrogens (primary N) is 1. The largest absolute Gasteiger partial charge is 0.493 e. The van der Waals surface area contributed by atoms with Crippen LogP contribution < -0.4 is 20.5 Å². The molecule has 28 heavy (non-hydrogen) atoms. The maximum absolute atomic E-state index is 12.2. The number of carbonyl (C=O) groups is 1. The van der Waals surface area contributed by atoms with Crippen LogP contribution in [0.15, 0.2) is 23.6 Å². The van der Waals surface area contributed by atoms with E-state index in [1.165, 1.54) is 11.3 Å². The molecule has 0 fully saturated rings. The number of ether oxygens (including phenoxy) is 2. The summed E-state index contributed by atoms with van der Waals surface area (Å²) in [6.45, 7) is 2.58. The van der Waals surface area contributed by atoms with Gasteiger partial charge in [-0.25, -0.2) is 4.98 Å². The molecule has 0 aliphatic carbocycles. The first-order valence-electron chi connectivity index (χ1n) is 8.77. The fraction of sp³-hybridized carbons (Fsp3) is 0.474. The minimum absolute atomic E-state index is 0. The SMILES string of the molecule is CCCCC(CN)NC(=O)Cc1csc(-c2ccc(OC)c(OC)c2)n1.Cl.Cl. The van der Waals surface area contributed by atoms with Gasteiger partial charge in [-0.15, -0.1) is 36.2 Å². The van der Waals surface area contributed by atoms with Gasteiger partial charge in [0.15, 0.2) is 11.5 Å². The summed E-state index contributed by atoms with van der Waals surface area (Å²) in [5.41, 5.74) is 7.42. The molecule has 1 aromatic carbocycles. The Bertz CT molecular complexity index is 728. The van der Waals surface area contributed by atoms with Gasteiger partial charge in [-0.1, -0.05) is 19.8 Å². The molecule has 0 aliphatic rings. The Morgan fingerprint density at radius 2 is 1.96 bits per heavy atom. The zero-order chi connectivity index (χ0) is 18.9. The van der Waals surface area contributed by atoms with Gasteiger partial charge < -0.3 is 20.5 Å². The number of nitrogens with zero attached hydrogens (tertiary/aromatic N) is 1. The van der Waals surface area contributed by atoms with Gasteiger partial charge in [-0.05, 0) is 24.6 Å². The second-order valence-corrected chi connectivity index (χ2v) is 6.89. The van der Waals surface area contributed by atoms with E-state index in [0.29, 0.717) is 18.0 Å². The van der Waals surface area contributed by atoms with Crippen LogP contribution in [0.4, 0.5) is 0 Å². The third-order valence-corrected chi connectivity index (χ3v) is 5.02. The highest BCUT2D eigenvalue weighted by Gasteiger charge is 2.14. The van der Waals surface area contributed by atoms with Crippen molar-refractivity contribution in [2.75, 3.05) is 20.8 Å². The number of thiazole rings is 1. The summed E-state index contributed by atoms with van der Waals surface area (Å²) in [4.78, 5) is 16.8. The molecule has 0 saturated carbocycles. The number of benzene rings is 1. The number of halogens is 2. The Morgan fingerprint density at radius 1 is 1.25 bits per heavy atom. The van der Waals surface area contributed by atoms with E-state index in [1.807, 2.05) is 23.6 Å². The number of unbranched alkanes of at least 4 members (excludes halogenated alkanes) is 1. The maximum Gasteiger partial charge on any atom is 0.226 e. The van der Waals surface area contributed by atoms with Crippen LogP contribution in [-0.4, -0.2) is 37.7 Å². The van der Waals surface area contributed by atoms with E-state index in [2.05, 4.69) is 17.2 Å². The number of aromatic nitrogens is 1. The average molecular weight is 450 g/mol. The minimum Gasteiger partial charge on any atom is -0.493 e. The van der Waals surface area contributed by atoms with Crippen LogP contribution in [0.5, 0.6) is 11.5 Å². The summed E-state index contributed by atoms with van der Waals surface area (Å²) in [6.07, 6.45) is 3.31. The lowest BCUT2D eigenvalue weighted by Crippen LogP contribution is -2.40. The summed E-state index contributed by atoms with van der Waals surface area (Å²) >= 11 is 1.50. The number of hydrogen-bond acceptors (Lipinski definition) is 6. The normalized spacial score (nSPS) is 11.0. The summed E-state index contributed by atoms with van der Waals surface area (Å²) in [5.74, 6) is 1.29. The van der Waals surface area contributed by atoms with Crippen molar-refractivity contribution in [1.82, 2.24) is 10.3 Å². The predicted octanol–water partition coefficient (Wildman–Crippen LogP) is 3.85. The summed E-state index contributed by atoms with van der Waals surface area (Å²) in [7, 11) is 3.21. The molecule has 1 atom stereocenters. The van der Waals surface area contributed by atoms with Gasteiger partial charge in [0.25, 0.3) is 0 Å². The van der Waals surface area contributed by atoms with Crippen molar-refractivity contribution in [3.8, 4) is 22.1 Å². The quantitative estimate of drug-likeness (QED) is 0.574. The van der Waals surface area contributed by atoms with Gasteiger partial charge in [-0.2, -0.15) is 0 Å². The molecule has 2 rings (SSSR count). The zero-order valence-corrected chi connectivity index (χ0v) is 18.8. The average Bonchev–Trinajstić information content (AvgIpc) is 3.12. The lowest BCUT2D eigenvalue weighted by molar-refractivity contribution is -0.121. The number of methoxy groups -OCH3 is 2. The van der Waals surface area contributed by atoms with E-state index in [0.717, 1.165) is 35.5 Å². The molecule has 1 amide bonds. The van der Waals surface area contributed by atoms with Crippen molar-refractivity contribution in [1.29, 1.82) is 0 Å². The van der Waals surface area contributed by atoms with Gasteiger partial charge in [0.2, 0.25) is 5.91 Å². The van der Waals surface area contributed by atoms with Crippen LogP contribution in [0.3, 0.4) is 0 Å². The number of nitrogens with one attached hydrogen (secondary N) is 1. The smallest absolute Gasteiger partial charge is 0.226 e. The Kier molecular flexibility index (Phi) is 12.9. The summed E-state index contributed by atoms with van der Waals surface area (Å²) < 4.78 is 10.6. The molecule has 2 aromatic rings. The van der Waals surface area contributed by atoms with Crippen LogP contribution in [0.2, 0.25) is 0 Å². The van der Waals surface area contributed by atoms with Crippen molar-refractivity contribution in [3.63, 3.8) is 0 Å². The number of hydrogen-bond donors (Lipinski definition) is 2. The molecule has 0 bridgehead atoms. The zero-order valence-electron chi connectivity index (χ0n) is 16.4. The molecular formula is C19H29Cl2N3O3S. The molecule has 1 heterocycles. The molecule has 0 aliphatic heterocycles. The molecular weight excluding hydrogens is 421 g/mol. The number of rotatable bonds is 10. The van der Waals surface area contributed by atoms with Gasteiger partial charge in [0, 0.05) is 23.5 Å². The molecule has 9 heteroatoms. The monoisotopic (exact) mass is 449 g/mol. The Hall–Kier alpha value is -1.54. The predicted molar refractivity (Wildman–Crippen MR) is 119 cm³/mol. The lowest BCUT2D eigenvalue weighted by atomic mass is 10.1. The number of carbonyl (C=O) groups excluding carboxylic acids is 1. The molecule has 0 saturated heterocycles. The van der Waals surface area contributed by atoms with Crippen LogP contribution in [0.25, 0.3) is 10.6 Å². The third kappa shape index (κ3) is 7.47. The fourth-order valence-electron chi connectivity index (χ4n) is 2.63. The molecule has 1 unspecified atom stereocenters. The topological polar surface area (TPSA) is 86.5 Å². The van der Waals surface area contributed by atoms with Crippen LogP contribution >= 0.6 is 36.2 Å². The van der Waals surface area contributed by atoms with Crippen molar-refractivity contribution in [3.05, 3.63) is 29.3 Å². The van der Waals surface area contributed by atoms with E-state index in [-0.39, 0.29) is 43.2 Å². The minimum atomic E-state index is -0.0410. The third-order valence-electron chi connectivity index (χ3n) is 4.08. The van der Waals surface area contributed by atoms with E-state index in [9.17, 15) is 4.79 Å². The van der Waals surface area contributed by atoms with Gasteiger partial charge in [0.05, 0.1) is 26.3 Å². The summed E-state index contributed by atoms with van der Waals surface area (Å²) in [5, 5.41) is 5.75. The van der Waals surface area contributed by atoms with E-state index in [4.69, 9.17) is 15.2 Å². The lowest BCUT2D eigenvalue weighted by Gasteiger charge is -2.15. The van der Waals surface area contributed by atoms with Crippen molar-refractivity contribution >= 4 is 42.1 Å². The Labute approximate surface area is 183 Å². The molecule has 158 valence electrons. The van der Waals surface area contributed by atoms with E-state index < -0.39 is 0 Å². The molecule has 0 spiro atoms. The fourth-order valence-corrected chi connectivity index (χ4v) is 3.45. The van der Waals surface area contributed by atoms with Gasteiger partial charge in [0.1, 0.15) is 5.01 Å².